The molecule has 2 heterocycles. The molecule has 0 unspecified atom stereocenters. The number of pyridine rings is 1. The van der Waals surface area contributed by atoms with E-state index in [1.54, 1.807) is 6.20 Å². The number of hydrogen-bond donors (Lipinski definition) is 0. The van der Waals surface area contributed by atoms with Gasteiger partial charge in [-0.25, -0.2) is 4.98 Å². The van der Waals surface area contributed by atoms with E-state index in [1.165, 1.54) is 37.9 Å². The molecule has 2 aromatic rings. The molecule has 1 aromatic heterocycles. The molecule has 0 spiro atoms. The van der Waals surface area contributed by atoms with Gasteiger partial charge < -0.3 is 4.74 Å². The number of para-hydroxylation sites is 1. The molecule has 1 aliphatic heterocycles. The van der Waals surface area contributed by atoms with Crippen LogP contribution < -0.4 is 4.74 Å². The average Bonchev–Trinajstić information content (AvgIpc) is 2.52. The molecule has 21 heavy (non-hydrogen) atoms. The zero-order chi connectivity index (χ0) is 14.5. The third-order valence-corrected chi connectivity index (χ3v) is 3.99. The van der Waals surface area contributed by atoms with E-state index >= 15 is 0 Å². The number of nitrogens with zero attached hydrogens (tertiary/aromatic N) is 2. The van der Waals surface area contributed by atoms with E-state index in [0.29, 0.717) is 0 Å². The zero-order valence-electron chi connectivity index (χ0n) is 12.6. The van der Waals surface area contributed by atoms with Gasteiger partial charge in [0.15, 0.2) is 0 Å². The Morgan fingerprint density at radius 3 is 2.67 bits per heavy atom. The molecule has 1 aromatic carbocycles. The summed E-state index contributed by atoms with van der Waals surface area (Å²) in [6.07, 6.45) is 5.76. The van der Waals surface area contributed by atoms with E-state index in [1.807, 2.05) is 24.3 Å². The highest BCUT2D eigenvalue weighted by Gasteiger charge is 2.14. The first kappa shape index (κ1) is 14.1. The Morgan fingerprint density at radius 2 is 1.86 bits per heavy atom. The Morgan fingerprint density at radius 1 is 1.05 bits per heavy atom. The number of benzene rings is 1. The fourth-order valence-electron chi connectivity index (χ4n) is 2.77. The van der Waals surface area contributed by atoms with Crippen LogP contribution in [-0.4, -0.2) is 23.0 Å². The molecular formula is C18H22N2O. The summed E-state index contributed by atoms with van der Waals surface area (Å²) in [6, 6.07) is 12.2. The third kappa shape index (κ3) is 3.61. The Bertz CT molecular complexity index is 591. The summed E-state index contributed by atoms with van der Waals surface area (Å²) < 4.78 is 6.04. The van der Waals surface area contributed by atoms with Gasteiger partial charge in [0, 0.05) is 18.3 Å². The molecule has 3 rings (SSSR count). The second kappa shape index (κ2) is 6.72. The molecule has 3 heteroatoms. The molecule has 110 valence electrons. The van der Waals surface area contributed by atoms with Crippen LogP contribution in [0.2, 0.25) is 0 Å². The lowest BCUT2D eigenvalue weighted by Gasteiger charge is -2.26. The van der Waals surface area contributed by atoms with Gasteiger partial charge in [-0.05, 0) is 50.6 Å². The summed E-state index contributed by atoms with van der Waals surface area (Å²) in [6.45, 7) is 5.34. The molecule has 0 atom stereocenters. The summed E-state index contributed by atoms with van der Waals surface area (Å²) in [5.41, 5.74) is 2.30. The van der Waals surface area contributed by atoms with E-state index in [-0.39, 0.29) is 0 Å². The third-order valence-electron chi connectivity index (χ3n) is 3.99. The summed E-state index contributed by atoms with van der Waals surface area (Å²) in [5.74, 6) is 1.62. The minimum atomic E-state index is 0.734. The largest absolute Gasteiger partial charge is 0.438 e. The van der Waals surface area contributed by atoms with Gasteiger partial charge in [0.05, 0.1) is 0 Å². The lowest BCUT2D eigenvalue weighted by molar-refractivity contribution is 0.218. The van der Waals surface area contributed by atoms with Gasteiger partial charge in [0.1, 0.15) is 5.75 Å². The van der Waals surface area contributed by atoms with E-state index < -0.39 is 0 Å². The maximum absolute atomic E-state index is 6.04. The molecule has 0 saturated carbocycles. The van der Waals surface area contributed by atoms with Gasteiger partial charge in [0.2, 0.25) is 5.88 Å². The highest BCUT2D eigenvalue weighted by Crippen LogP contribution is 2.27. The number of likely N-dealkylation sites (tertiary alicyclic amines) is 1. The van der Waals surface area contributed by atoms with Crippen LogP contribution in [0.3, 0.4) is 0 Å². The smallest absolute Gasteiger partial charge is 0.223 e. The van der Waals surface area contributed by atoms with Gasteiger partial charge in [-0.2, -0.15) is 0 Å². The summed E-state index contributed by atoms with van der Waals surface area (Å²) in [5, 5.41) is 0. The second-order valence-electron chi connectivity index (χ2n) is 5.67. The van der Waals surface area contributed by atoms with Gasteiger partial charge in [-0.15, -0.1) is 0 Å². The van der Waals surface area contributed by atoms with E-state index in [9.17, 15) is 0 Å². The summed E-state index contributed by atoms with van der Waals surface area (Å²) in [4.78, 5) is 6.92. The number of aryl methyl sites for hydroxylation is 1. The van der Waals surface area contributed by atoms with Crippen molar-refractivity contribution in [1.29, 1.82) is 0 Å². The topological polar surface area (TPSA) is 25.4 Å². The van der Waals surface area contributed by atoms with Crippen LogP contribution in [0.1, 0.15) is 30.4 Å². The maximum atomic E-state index is 6.04. The van der Waals surface area contributed by atoms with Gasteiger partial charge >= 0.3 is 0 Å². The normalized spacial score (nSPS) is 15.9. The molecule has 0 amide bonds. The lowest BCUT2D eigenvalue weighted by atomic mass is 10.1. The van der Waals surface area contributed by atoms with Crippen LogP contribution in [0.25, 0.3) is 0 Å². The van der Waals surface area contributed by atoms with Crippen LogP contribution in [0.4, 0.5) is 0 Å². The first-order chi connectivity index (χ1) is 10.3. The monoisotopic (exact) mass is 282 g/mol. The van der Waals surface area contributed by atoms with Crippen molar-refractivity contribution in [3.8, 4) is 11.6 Å². The Kier molecular flexibility index (Phi) is 4.51. The first-order valence-electron chi connectivity index (χ1n) is 7.72. The van der Waals surface area contributed by atoms with Crippen LogP contribution in [0, 0.1) is 6.92 Å². The molecule has 0 N–H and O–H groups in total. The number of hydrogen-bond acceptors (Lipinski definition) is 3. The maximum Gasteiger partial charge on any atom is 0.223 e. The predicted octanol–water partition coefficient (Wildman–Crippen LogP) is 4.17. The highest BCUT2D eigenvalue weighted by atomic mass is 16.5. The molecular weight excluding hydrogens is 260 g/mol. The van der Waals surface area contributed by atoms with Gasteiger partial charge in [-0.1, -0.05) is 30.7 Å². The van der Waals surface area contributed by atoms with Crippen molar-refractivity contribution in [3.05, 3.63) is 53.7 Å². The Labute approximate surface area is 126 Å². The fourth-order valence-corrected chi connectivity index (χ4v) is 2.77. The Hall–Kier alpha value is -1.87. The molecule has 0 aliphatic carbocycles. The summed E-state index contributed by atoms with van der Waals surface area (Å²) in [7, 11) is 0. The molecule has 1 aliphatic rings. The highest BCUT2D eigenvalue weighted by molar-refractivity contribution is 5.37. The lowest BCUT2D eigenvalue weighted by Crippen LogP contribution is -2.29. The van der Waals surface area contributed by atoms with E-state index in [4.69, 9.17) is 4.74 Å². The fraction of sp³-hybridized carbons (Fsp3) is 0.389. The van der Waals surface area contributed by atoms with Crippen LogP contribution in [0.5, 0.6) is 11.6 Å². The minimum absolute atomic E-state index is 0.734. The zero-order valence-corrected chi connectivity index (χ0v) is 12.6. The standard InChI is InChI=1S/C18H22N2O/c1-15-8-3-4-10-17(15)21-18-16(9-7-11-19-18)14-20-12-5-2-6-13-20/h3-4,7-11H,2,5-6,12-14H2,1H3. The van der Waals surface area contributed by atoms with E-state index in [0.717, 1.165) is 23.7 Å². The van der Waals surface area contributed by atoms with Crippen molar-refractivity contribution in [2.45, 2.75) is 32.7 Å². The number of ether oxygens (including phenoxy) is 1. The van der Waals surface area contributed by atoms with Crippen molar-refractivity contribution in [2.24, 2.45) is 0 Å². The number of piperidine rings is 1. The molecule has 1 saturated heterocycles. The molecule has 0 radical (unpaired) electrons. The van der Waals surface area contributed by atoms with Gasteiger partial charge in [-0.3, -0.25) is 4.90 Å². The van der Waals surface area contributed by atoms with Crippen LogP contribution in [0.15, 0.2) is 42.6 Å². The number of aromatic nitrogens is 1. The average molecular weight is 282 g/mol. The van der Waals surface area contributed by atoms with Crippen molar-refractivity contribution >= 4 is 0 Å². The van der Waals surface area contributed by atoms with E-state index in [2.05, 4.69) is 28.9 Å². The molecule has 1 fully saturated rings. The second-order valence-corrected chi connectivity index (χ2v) is 5.67. The van der Waals surface area contributed by atoms with Gasteiger partial charge in [0.25, 0.3) is 0 Å². The van der Waals surface area contributed by atoms with Crippen molar-refractivity contribution in [1.82, 2.24) is 9.88 Å². The van der Waals surface area contributed by atoms with Crippen molar-refractivity contribution in [3.63, 3.8) is 0 Å². The van der Waals surface area contributed by atoms with Crippen LogP contribution >= 0.6 is 0 Å². The molecule has 0 bridgehead atoms. The molecule has 3 nitrogen and oxygen atoms in total. The number of rotatable bonds is 4. The predicted molar refractivity (Wildman–Crippen MR) is 84.6 cm³/mol. The van der Waals surface area contributed by atoms with Crippen molar-refractivity contribution < 1.29 is 4.74 Å². The van der Waals surface area contributed by atoms with Crippen molar-refractivity contribution in [2.75, 3.05) is 13.1 Å². The Balaban J connectivity index is 1.77. The van der Waals surface area contributed by atoms with Crippen LogP contribution in [-0.2, 0) is 6.54 Å². The summed E-state index contributed by atoms with van der Waals surface area (Å²) >= 11 is 0. The first-order valence-corrected chi connectivity index (χ1v) is 7.72. The SMILES string of the molecule is Cc1ccccc1Oc1ncccc1CN1CCCCC1. The quantitative estimate of drug-likeness (QED) is 0.841. The minimum Gasteiger partial charge on any atom is -0.438 e.